The van der Waals surface area contributed by atoms with Crippen molar-refractivity contribution in [3.8, 4) is 0 Å². The summed E-state index contributed by atoms with van der Waals surface area (Å²) in [5.74, 6) is 3.28. The van der Waals surface area contributed by atoms with Crippen LogP contribution in [0.4, 0.5) is 0 Å². The summed E-state index contributed by atoms with van der Waals surface area (Å²) in [5.41, 5.74) is 2.23. The highest BCUT2D eigenvalue weighted by Gasteiger charge is 2.61. The van der Waals surface area contributed by atoms with Crippen molar-refractivity contribution in [1.29, 1.82) is 0 Å². The number of hydrogen-bond donors (Lipinski definition) is 2. The molecule has 0 aromatic carbocycles. The van der Waals surface area contributed by atoms with E-state index in [-0.39, 0.29) is 11.5 Å². The summed E-state index contributed by atoms with van der Waals surface area (Å²) in [5, 5.41) is 20.7. The number of fused-ring (bicyclic) bond motifs is 5. The highest BCUT2D eigenvalue weighted by molar-refractivity contribution is 5.29. The number of allylic oxidation sites excluding steroid dienone is 2. The van der Waals surface area contributed by atoms with Gasteiger partial charge in [0.25, 0.3) is 0 Å². The van der Waals surface area contributed by atoms with Gasteiger partial charge in [0.05, 0.1) is 6.10 Å². The van der Waals surface area contributed by atoms with E-state index in [2.05, 4.69) is 26.8 Å². The molecule has 2 heteroatoms. The fraction of sp³-hybridized carbons (Fsp3) is 0.917. The van der Waals surface area contributed by atoms with Gasteiger partial charge in [-0.05, 0) is 86.4 Å². The van der Waals surface area contributed by atoms with Crippen molar-refractivity contribution in [2.75, 3.05) is 6.61 Å². The molecule has 8 atom stereocenters. The quantitative estimate of drug-likeness (QED) is 0.665. The Morgan fingerprint density at radius 1 is 1.15 bits per heavy atom. The first kappa shape index (κ1) is 19.0. The fourth-order valence-electron chi connectivity index (χ4n) is 8.09. The zero-order valence-electron chi connectivity index (χ0n) is 17.2. The molecule has 0 aromatic rings. The van der Waals surface area contributed by atoms with Crippen LogP contribution in [-0.2, 0) is 0 Å². The summed E-state index contributed by atoms with van der Waals surface area (Å²) in [6.45, 7) is 7.62. The lowest BCUT2D eigenvalue weighted by Crippen LogP contribution is -2.54. The van der Waals surface area contributed by atoms with Gasteiger partial charge in [-0.2, -0.15) is 0 Å². The van der Waals surface area contributed by atoms with Crippen molar-refractivity contribution >= 4 is 0 Å². The Hall–Kier alpha value is -0.340. The standard InChI is InChI=1S/C24H40O2/c1-16(7-6-14-25)19-11-12-20-18-10-9-17-8-4-5-13-23(17,2)21(18)15-22(26)24(19,20)3/h10,16-17,19-22,25-26H,4-9,11-15H2,1-3H3/t16-,17+,19-,20+,21+,22+,23+,24-/m1/s1. The molecule has 0 aromatic heterocycles. The van der Waals surface area contributed by atoms with Crippen LogP contribution in [0.1, 0.15) is 85.0 Å². The van der Waals surface area contributed by atoms with Crippen molar-refractivity contribution in [2.45, 2.75) is 91.1 Å². The van der Waals surface area contributed by atoms with E-state index >= 15 is 0 Å². The molecule has 0 unspecified atom stereocenters. The van der Waals surface area contributed by atoms with Crippen molar-refractivity contribution < 1.29 is 10.2 Å². The van der Waals surface area contributed by atoms with E-state index in [1.165, 1.54) is 44.9 Å². The van der Waals surface area contributed by atoms with Crippen LogP contribution in [0.5, 0.6) is 0 Å². The van der Waals surface area contributed by atoms with E-state index in [9.17, 15) is 10.2 Å². The van der Waals surface area contributed by atoms with Crippen LogP contribution in [0.15, 0.2) is 11.6 Å². The highest BCUT2D eigenvalue weighted by atomic mass is 16.3. The van der Waals surface area contributed by atoms with Gasteiger partial charge in [0, 0.05) is 12.0 Å². The van der Waals surface area contributed by atoms with Crippen molar-refractivity contribution in [3.63, 3.8) is 0 Å². The van der Waals surface area contributed by atoms with Gasteiger partial charge in [-0.15, -0.1) is 0 Å². The van der Waals surface area contributed by atoms with Crippen LogP contribution in [0.3, 0.4) is 0 Å². The Kier molecular flexibility index (Phi) is 5.06. The second-order valence-corrected chi connectivity index (χ2v) is 10.6. The second-order valence-electron chi connectivity index (χ2n) is 10.6. The normalized spacial score (nSPS) is 49.0. The third-order valence-corrected chi connectivity index (χ3v) is 9.69. The van der Waals surface area contributed by atoms with E-state index in [4.69, 9.17) is 0 Å². The molecule has 0 bridgehead atoms. The Labute approximate surface area is 160 Å². The number of hydrogen-bond acceptors (Lipinski definition) is 2. The van der Waals surface area contributed by atoms with Gasteiger partial charge in [0.1, 0.15) is 0 Å². The molecule has 0 heterocycles. The average molecular weight is 361 g/mol. The smallest absolute Gasteiger partial charge is 0.0608 e. The molecular formula is C24H40O2. The molecule has 0 amide bonds. The van der Waals surface area contributed by atoms with E-state index in [0.29, 0.717) is 35.7 Å². The molecule has 148 valence electrons. The third kappa shape index (κ3) is 2.65. The lowest BCUT2D eigenvalue weighted by Gasteiger charge is -2.58. The molecule has 0 saturated heterocycles. The zero-order chi connectivity index (χ0) is 18.5. The summed E-state index contributed by atoms with van der Waals surface area (Å²) in [7, 11) is 0. The molecular weight excluding hydrogens is 320 g/mol. The number of aliphatic hydroxyl groups excluding tert-OH is 2. The topological polar surface area (TPSA) is 40.5 Å². The molecule has 0 aliphatic heterocycles. The highest BCUT2D eigenvalue weighted by Crippen LogP contribution is 2.66. The second kappa shape index (κ2) is 6.92. The van der Waals surface area contributed by atoms with E-state index in [0.717, 1.165) is 25.2 Å². The molecule has 4 aliphatic rings. The van der Waals surface area contributed by atoms with Gasteiger partial charge < -0.3 is 10.2 Å². The molecule has 0 spiro atoms. The first-order valence-corrected chi connectivity index (χ1v) is 11.4. The van der Waals surface area contributed by atoms with Crippen molar-refractivity contribution in [1.82, 2.24) is 0 Å². The lowest BCUT2D eigenvalue weighted by molar-refractivity contribution is -0.0935. The van der Waals surface area contributed by atoms with Crippen LogP contribution in [-0.4, -0.2) is 22.9 Å². The van der Waals surface area contributed by atoms with Gasteiger partial charge in [-0.25, -0.2) is 0 Å². The molecule has 3 fully saturated rings. The zero-order valence-corrected chi connectivity index (χ0v) is 17.2. The maximum absolute atomic E-state index is 11.5. The van der Waals surface area contributed by atoms with Gasteiger partial charge >= 0.3 is 0 Å². The summed E-state index contributed by atoms with van der Waals surface area (Å²) in [4.78, 5) is 0. The number of rotatable bonds is 4. The minimum atomic E-state index is -0.156. The summed E-state index contributed by atoms with van der Waals surface area (Å²) >= 11 is 0. The molecule has 4 rings (SSSR count). The van der Waals surface area contributed by atoms with Gasteiger partial charge in [-0.3, -0.25) is 0 Å². The van der Waals surface area contributed by atoms with E-state index in [1.807, 2.05) is 0 Å². The van der Waals surface area contributed by atoms with Crippen LogP contribution in [0, 0.1) is 40.4 Å². The summed E-state index contributed by atoms with van der Waals surface area (Å²) in [6, 6.07) is 0. The van der Waals surface area contributed by atoms with E-state index in [1.54, 1.807) is 5.57 Å². The van der Waals surface area contributed by atoms with Crippen LogP contribution in [0.2, 0.25) is 0 Å². The SMILES string of the molecule is C[C@H](CCCO)[C@H]1CC[C@H]2C3=CC[C@@H]4CCCC[C@]4(C)[C@H]3C[C@H](O)[C@]12C. The molecule has 26 heavy (non-hydrogen) atoms. The molecule has 0 radical (unpaired) electrons. The van der Waals surface area contributed by atoms with Crippen molar-refractivity contribution in [3.05, 3.63) is 11.6 Å². The maximum atomic E-state index is 11.5. The molecule has 2 N–H and O–H groups in total. The Morgan fingerprint density at radius 3 is 2.73 bits per heavy atom. The lowest BCUT2D eigenvalue weighted by atomic mass is 9.47. The Balaban J connectivity index is 1.63. The first-order chi connectivity index (χ1) is 12.4. The summed E-state index contributed by atoms with van der Waals surface area (Å²) in [6.07, 6.45) is 14.8. The van der Waals surface area contributed by atoms with Gasteiger partial charge in [0.15, 0.2) is 0 Å². The van der Waals surface area contributed by atoms with E-state index < -0.39 is 0 Å². The molecule has 2 nitrogen and oxygen atoms in total. The van der Waals surface area contributed by atoms with Crippen LogP contribution >= 0.6 is 0 Å². The Bertz CT molecular complexity index is 554. The number of aliphatic hydroxyl groups is 2. The van der Waals surface area contributed by atoms with Crippen LogP contribution < -0.4 is 0 Å². The average Bonchev–Trinajstić information content (AvgIpc) is 2.99. The molecule has 3 saturated carbocycles. The Morgan fingerprint density at radius 2 is 1.96 bits per heavy atom. The fourth-order valence-corrected chi connectivity index (χ4v) is 8.09. The van der Waals surface area contributed by atoms with Gasteiger partial charge in [0.2, 0.25) is 0 Å². The van der Waals surface area contributed by atoms with Gasteiger partial charge in [-0.1, -0.05) is 45.3 Å². The van der Waals surface area contributed by atoms with Crippen molar-refractivity contribution in [2.24, 2.45) is 40.4 Å². The summed E-state index contributed by atoms with van der Waals surface area (Å²) < 4.78 is 0. The largest absolute Gasteiger partial charge is 0.396 e. The predicted molar refractivity (Wildman–Crippen MR) is 107 cm³/mol. The monoisotopic (exact) mass is 360 g/mol. The predicted octanol–water partition coefficient (Wildman–Crippen LogP) is 5.33. The minimum Gasteiger partial charge on any atom is -0.396 e. The first-order valence-electron chi connectivity index (χ1n) is 11.4. The van der Waals surface area contributed by atoms with Crippen LogP contribution in [0.25, 0.3) is 0 Å². The third-order valence-electron chi connectivity index (χ3n) is 9.69. The molecule has 4 aliphatic carbocycles. The maximum Gasteiger partial charge on any atom is 0.0608 e. The minimum absolute atomic E-state index is 0.0507.